The lowest BCUT2D eigenvalue weighted by Gasteiger charge is -2.13. The number of amides is 1. The molecule has 0 bridgehead atoms. The molecular weight excluding hydrogens is 433 g/mol. The molecule has 5 aromatic rings. The van der Waals surface area contributed by atoms with Crippen molar-refractivity contribution in [1.82, 2.24) is 30.0 Å². The van der Waals surface area contributed by atoms with E-state index in [0.29, 0.717) is 22.6 Å². The number of nitrogens with one attached hydrogen (secondary N) is 1. The second-order valence-corrected chi connectivity index (χ2v) is 7.71. The first-order valence-corrected chi connectivity index (χ1v) is 10.5. The number of nitrogens with two attached hydrogens (primary N) is 1. The van der Waals surface area contributed by atoms with Crippen molar-refractivity contribution < 1.29 is 9.18 Å². The van der Waals surface area contributed by atoms with Crippen LogP contribution in [0, 0.1) is 5.82 Å². The molecule has 0 saturated heterocycles. The van der Waals surface area contributed by atoms with Crippen molar-refractivity contribution >= 4 is 22.6 Å². The predicted octanol–water partition coefficient (Wildman–Crippen LogP) is 3.74. The minimum Gasteiger partial charge on any atom is -0.382 e. The van der Waals surface area contributed by atoms with Gasteiger partial charge in [-0.3, -0.25) is 14.5 Å². The van der Waals surface area contributed by atoms with Gasteiger partial charge in [0.05, 0.1) is 11.2 Å². The summed E-state index contributed by atoms with van der Waals surface area (Å²) >= 11 is 0. The number of carbonyl (C=O) groups is 1. The third kappa shape index (κ3) is 4.06. The molecule has 0 radical (unpaired) electrons. The topological polar surface area (TPSA) is 112 Å². The number of halogens is 1. The number of carbonyl (C=O) groups excluding carboxylic acids is 1. The first kappa shape index (κ1) is 21.2. The Balaban J connectivity index is 1.58. The molecule has 5 rings (SSSR count). The summed E-state index contributed by atoms with van der Waals surface area (Å²) < 4.78 is 15.6. The molecule has 0 aliphatic carbocycles. The van der Waals surface area contributed by atoms with Gasteiger partial charge in [-0.25, -0.2) is 14.4 Å². The standard InChI is InChI=1S/C25H20FN7O/c1-33-12-10-20(32-33)22-21(16-8-9-19-15(13-16)6-4-11-28-19)30-23(24(27)31-22)25(34)29-14-17-5-2-3-7-18(17)26/h2-13H,14H2,1H3,(H2,27,31)(H,29,34). The number of anilines is 1. The van der Waals surface area contributed by atoms with Gasteiger partial charge in [0.1, 0.15) is 17.2 Å². The largest absolute Gasteiger partial charge is 0.382 e. The van der Waals surface area contributed by atoms with Gasteiger partial charge in [0, 0.05) is 42.5 Å². The predicted molar refractivity (Wildman–Crippen MR) is 127 cm³/mol. The minimum atomic E-state index is -0.551. The minimum absolute atomic E-state index is 0.00834. The fourth-order valence-electron chi connectivity index (χ4n) is 3.66. The number of fused-ring (bicyclic) bond motifs is 1. The Bertz CT molecular complexity index is 1530. The molecule has 0 spiro atoms. The number of nitrogen functional groups attached to an aromatic ring is 1. The number of aromatic nitrogens is 5. The molecule has 34 heavy (non-hydrogen) atoms. The molecule has 0 saturated carbocycles. The van der Waals surface area contributed by atoms with Gasteiger partial charge in [0.15, 0.2) is 11.5 Å². The van der Waals surface area contributed by atoms with E-state index in [0.717, 1.165) is 16.5 Å². The van der Waals surface area contributed by atoms with Crippen molar-refractivity contribution in [3.8, 4) is 22.6 Å². The van der Waals surface area contributed by atoms with Crippen LogP contribution < -0.4 is 11.1 Å². The molecule has 3 heterocycles. The van der Waals surface area contributed by atoms with Gasteiger partial charge in [-0.1, -0.05) is 30.3 Å². The van der Waals surface area contributed by atoms with Crippen molar-refractivity contribution in [2.24, 2.45) is 7.05 Å². The van der Waals surface area contributed by atoms with Crippen molar-refractivity contribution in [2.75, 3.05) is 5.73 Å². The van der Waals surface area contributed by atoms with Crippen LogP contribution in [0.15, 0.2) is 73.1 Å². The van der Waals surface area contributed by atoms with E-state index in [1.54, 1.807) is 48.4 Å². The molecule has 2 aromatic carbocycles. The average molecular weight is 453 g/mol. The average Bonchev–Trinajstić information content (AvgIpc) is 3.29. The first-order valence-electron chi connectivity index (χ1n) is 10.5. The smallest absolute Gasteiger partial charge is 0.274 e. The zero-order valence-electron chi connectivity index (χ0n) is 18.2. The zero-order valence-corrected chi connectivity index (χ0v) is 18.2. The van der Waals surface area contributed by atoms with Crippen LogP contribution in [-0.4, -0.2) is 30.6 Å². The van der Waals surface area contributed by atoms with Crippen LogP contribution >= 0.6 is 0 Å². The van der Waals surface area contributed by atoms with E-state index in [4.69, 9.17) is 5.73 Å². The second-order valence-electron chi connectivity index (χ2n) is 7.71. The van der Waals surface area contributed by atoms with E-state index < -0.39 is 11.7 Å². The van der Waals surface area contributed by atoms with E-state index in [2.05, 4.69) is 25.4 Å². The fourth-order valence-corrected chi connectivity index (χ4v) is 3.66. The Morgan fingerprint density at radius 1 is 1.06 bits per heavy atom. The van der Waals surface area contributed by atoms with Crippen molar-refractivity contribution in [2.45, 2.75) is 6.54 Å². The molecule has 0 aliphatic rings. The summed E-state index contributed by atoms with van der Waals surface area (Å²) in [6, 6.07) is 17.5. The molecule has 1 amide bonds. The first-order chi connectivity index (χ1) is 16.5. The Morgan fingerprint density at radius 2 is 1.91 bits per heavy atom. The maximum atomic E-state index is 14.0. The molecule has 0 aliphatic heterocycles. The van der Waals surface area contributed by atoms with E-state index in [-0.39, 0.29) is 18.1 Å². The summed E-state index contributed by atoms with van der Waals surface area (Å²) in [5, 5.41) is 8.03. The van der Waals surface area contributed by atoms with Gasteiger partial charge in [0.2, 0.25) is 0 Å². The van der Waals surface area contributed by atoms with Crippen LogP contribution in [0.3, 0.4) is 0 Å². The maximum absolute atomic E-state index is 14.0. The van der Waals surface area contributed by atoms with Crippen LogP contribution in [0.5, 0.6) is 0 Å². The molecule has 0 unspecified atom stereocenters. The summed E-state index contributed by atoms with van der Waals surface area (Å²) in [6.45, 7) is -0.00834. The molecule has 8 nitrogen and oxygen atoms in total. The number of nitrogens with zero attached hydrogens (tertiary/aromatic N) is 5. The molecule has 0 atom stereocenters. The van der Waals surface area contributed by atoms with Crippen molar-refractivity contribution in [3.05, 3.63) is 90.1 Å². The van der Waals surface area contributed by atoms with Gasteiger partial charge in [-0.2, -0.15) is 5.10 Å². The zero-order chi connectivity index (χ0) is 23.7. The molecule has 3 aromatic heterocycles. The normalized spacial score (nSPS) is 11.0. The lowest BCUT2D eigenvalue weighted by atomic mass is 10.0. The fraction of sp³-hybridized carbons (Fsp3) is 0.0800. The third-order valence-electron chi connectivity index (χ3n) is 5.37. The van der Waals surface area contributed by atoms with Crippen LogP contribution in [0.2, 0.25) is 0 Å². The highest BCUT2D eigenvalue weighted by Crippen LogP contribution is 2.31. The SMILES string of the molecule is Cn1ccc(-c2nc(N)c(C(=O)NCc3ccccc3F)nc2-c2ccc3ncccc3c2)n1. The van der Waals surface area contributed by atoms with Gasteiger partial charge >= 0.3 is 0 Å². The Morgan fingerprint density at radius 3 is 2.71 bits per heavy atom. The summed E-state index contributed by atoms with van der Waals surface area (Å²) in [5.74, 6) is -1.000. The van der Waals surface area contributed by atoms with E-state index in [1.807, 2.05) is 30.3 Å². The maximum Gasteiger partial charge on any atom is 0.274 e. The molecule has 9 heteroatoms. The van der Waals surface area contributed by atoms with Gasteiger partial charge < -0.3 is 11.1 Å². The highest BCUT2D eigenvalue weighted by atomic mass is 19.1. The molecular formula is C25H20FN7O. The number of hydrogen-bond donors (Lipinski definition) is 2. The van der Waals surface area contributed by atoms with E-state index >= 15 is 0 Å². The second kappa shape index (κ2) is 8.70. The van der Waals surface area contributed by atoms with E-state index in [9.17, 15) is 9.18 Å². The lowest BCUT2D eigenvalue weighted by molar-refractivity contribution is 0.0946. The third-order valence-corrected chi connectivity index (χ3v) is 5.37. The van der Waals surface area contributed by atoms with Crippen LogP contribution in [0.1, 0.15) is 16.1 Å². The summed E-state index contributed by atoms with van der Waals surface area (Å²) in [4.78, 5) is 26.4. The Hall–Kier alpha value is -4.66. The number of aryl methyl sites for hydroxylation is 1. The number of rotatable bonds is 5. The monoisotopic (exact) mass is 453 g/mol. The number of pyridine rings is 1. The highest BCUT2D eigenvalue weighted by molar-refractivity contribution is 5.98. The summed E-state index contributed by atoms with van der Waals surface area (Å²) in [6.07, 6.45) is 3.51. The highest BCUT2D eigenvalue weighted by Gasteiger charge is 2.21. The van der Waals surface area contributed by atoms with Gasteiger partial charge in [0.25, 0.3) is 5.91 Å². The molecule has 0 fully saturated rings. The summed E-state index contributed by atoms with van der Waals surface area (Å²) in [7, 11) is 1.80. The Labute approximate surface area is 194 Å². The molecule has 3 N–H and O–H groups in total. The van der Waals surface area contributed by atoms with Crippen LogP contribution in [-0.2, 0) is 13.6 Å². The van der Waals surface area contributed by atoms with E-state index in [1.165, 1.54) is 6.07 Å². The van der Waals surface area contributed by atoms with Crippen molar-refractivity contribution in [3.63, 3.8) is 0 Å². The van der Waals surface area contributed by atoms with Crippen LogP contribution in [0.25, 0.3) is 33.5 Å². The van der Waals surface area contributed by atoms with Gasteiger partial charge in [-0.15, -0.1) is 0 Å². The lowest BCUT2D eigenvalue weighted by Crippen LogP contribution is -2.26. The van der Waals surface area contributed by atoms with Crippen LogP contribution in [0.4, 0.5) is 10.2 Å². The molecule has 168 valence electrons. The number of benzene rings is 2. The Kier molecular flexibility index (Phi) is 5.43. The quantitative estimate of drug-likeness (QED) is 0.419. The number of hydrogen-bond acceptors (Lipinski definition) is 6. The van der Waals surface area contributed by atoms with Gasteiger partial charge in [-0.05, 0) is 30.3 Å². The summed E-state index contributed by atoms with van der Waals surface area (Å²) in [5.41, 5.74) is 9.50. The van der Waals surface area contributed by atoms with Crippen molar-refractivity contribution in [1.29, 1.82) is 0 Å².